The van der Waals surface area contributed by atoms with Gasteiger partial charge in [-0.15, -0.1) is 11.8 Å². The van der Waals surface area contributed by atoms with Gasteiger partial charge in [0.2, 0.25) is 0 Å². The van der Waals surface area contributed by atoms with Crippen LogP contribution in [0.2, 0.25) is 0 Å². The standard InChI is InChI=1S/C10H17N3O3S/c14-13(15)9(10-11-2-1-7-17-10)8-12-3-5-16-6-4-12/h11H,1-8H2. The van der Waals surface area contributed by atoms with Crippen molar-refractivity contribution >= 4 is 11.8 Å². The van der Waals surface area contributed by atoms with E-state index in [-0.39, 0.29) is 4.92 Å². The van der Waals surface area contributed by atoms with Crippen LogP contribution in [-0.4, -0.2) is 55.0 Å². The lowest BCUT2D eigenvalue weighted by Crippen LogP contribution is -2.39. The Hall–Kier alpha value is -0.790. The molecule has 2 aliphatic heterocycles. The molecule has 0 aromatic carbocycles. The number of rotatable bonds is 3. The van der Waals surface area contributed by atoms with Gasteiger partial charge in [-0.05, 0) is 6.42 Å². The summed E-state index contributed by atoms with van der Waals surface area (Å²) >= 11 is 1.56. The fraction of sp³-hybridized carbons (Fsp3) is 0.800. The second-order valence-corrected chi connectivity index (χ2v) is 5.16. The molecule has 1 N–H and O–H groups in total. The Morgan fingerprint density at radius 1 is 1.53 bits per heavy atom. The lowest BCUT2D eigenvalue weighted by Gasteiger charge is -2.26. The number of thioether (sulfide) groups is 1. The largest absolute Gasteiger partial charge is 0.379 e. The van der Waals surface area contributed by atoms with Crippen LogP contribution in [0.3, 0.4) is 0 Å². The second kappa shape index (κ2) is 6.23. The first-order chi connectivity index (χ1) is 8.27. The summed E-state index contributed by atoms with van der Waals surface area (Å²) in [5.74, 6) is 0.961. The molecule has 0 atom stereocenters. The summed E-state index contributed by atoms with van der Waals surface area (Å²) in [4.78, 5) is 12.9. The van der Waals surface area contributed by atoms with Crippen molar-refractivity contribution in [3.63, 3.8) is 0 Å². The molecule has 0 aromatic heterocycles. The maximum absolute atomic E-state index is 11.1. The van der Waals surface area contributed by atoms with Gasteiger partial charge in [0.25, 0.3) is 5.70 Å². The first-order valence-corrected chi connectivity index (χ1v) is 6.80. The van der Waals surface area contributed by atoms with Crippen molar-refractivity contribution in [1.82, 2.24) is 10.2 Å². The fourth-order valence-corrected chi connectivity index (χ4v) is 2.87. The summed E-state index contributed by atoms with van der Waals surface area (Å²) in [7, 11) is 0. The van der Waals surface area contributed by atoms with Crippen molar-refractivity contribution in [2.24, 2.45) is 0 Å². The molecule has 2 rings (SSSR count). The van der Waals surface area contributed by atoms with Crippen LogP contribution in [0.5, 0.6) is 0 Å². The number of nitro groups is 1. The highest BCUT2D eigenvalue weighted by Crippen LogP contribution is 2.22. The third kappa shape index (κ3) is 3.58. The molecule has 96 valence electrons. The predicted octanol–water partition coefficient (Wildman–Crippen LogP) is 0.491. The zero-order valence-electron chi connectivity index (χ0n) is 9.68. The molecule has 2 fully saturated rings. The van der Waals surface area contributed by atoms with Crippen molar-refractivity contribution in [3.05, 3.63) is 20.8 Å². The van der Waals surface area contributed by atoms with Gasteiger partial charge in [-0.1, -0.05) is 0 Å². The van der Waals surface area contributed by atoms with Crippen molar-refractivity contribution < 1.29 is 9.66 Å². The maximum Gasteiger partial charge on any atom is 0.289 e. The SMILES string of the molecule is O=[N+]([O-])C(CN1CCOCC1)=C1NCCCS1. The molecule has 0 amide bonds. The highest BCUT2D eigenvalue weighted by Gasteiger charge is 2.24. The zero-order chi connectivity index (χ0) is 12.1. The Morgan fingerprint density at radius 2 is 2.29 bits per heavy atom. The lowest BCUT2D eigenvalue weighted by molar-refractivity contribution is -0.429. The van der Waals surface area contributed by atoms with E-state index >= 15 is 0 Å². The van der Waals surface area contributed by atoms with E-state index in [0.717, 1.165) is 36.8 Å². The van der Waals surface area contributed by atoms with E-state index in [1.807, 2.05) is 0 Å². The quantitative estimate of drug-likeness (QED) is 0.588. The Labute approximate surface area is 105 Å². The number of nitrogens with zero attached hydrogens (tertiary/aromatic N) is 2. The molecule has 2 heterocycles. The van der Waals surface area contributed by atoms with E-state index < -0.39 is 0 Å². The molecule has 0 unspecified atom stereocenters. The van der Waals surface area contributed by atoms with Gasteiger partial charge >= 0.3 is 0 Å². The maximum atomic E-state index is 11.1. The van der Waals surface area contributed by atoms with Crippen LogP contribution in [-0.2, 0) is 4.74 Å². The molecule has 0 radical (unpaired) electrons. The number of morpholine rings is 1. The van der Waals surface area contributed by atoms with Crippen LogP contribution < -0.4 is 5.32 Å². The van der Waals surface area contributed by atoms with Crippen molar-refractivity contribution in [2.45, 2.75) is 6.42 Å². The monoisotopic (exact) mass is 259 g/mol. The first-order valence-electron chi connectivity index (χ1n) is 5.81. The molecular weight excluding hydrogens is 242 g/mol. The highest BCUT2D eigenvalue weighted by atomic mass is 32.2. The number of hydrogen-bond acceptors (Lipinski definition) is 6. The predicted molar refractivity (Wildman–Crippen MR) is 66.4 cm³/mol. The molecule has 2 aliphatic rings. The van der Waals surface area contributed by atoms with E-state index in [2.05, 4.69) is 10.2 Å². The molecule has 6 nitrogen and oxygen atoms in total. The fourth-order valence-electron chi connectivity index (χ4n) is 1.87. The van der Waals surface area contributed by atoms with Crippen LogP contribution in [0.15, 0.2) is 10.7 Å². The van der Waals surface area contributed by atoms with Crippen LogP contribution in [0, 0.1) is 10.1 Å². The second-order valence-electron chi connectivity index (χ2n) is 4.05. The third-order valence-corrected chi connectivity index (χ3v) is 3.97. The smallest absolute Gasteiger partial charge is 0.289 e. The Morgan fingerprint density at radius 3 is 2.88 bits per heavy atom. The van der Waals surface area contributed by atoms with Gasteiger partial charge in [0, 0.05) is 25.4 Å². The van der Waals surface area contributed by atoms with Crippen molar-refractivity contribution in [1.29, 1.82) is 0 Å². The normalized spacial score (nSPS) is 25.2. The Balaban J connectivity index is 2.03. The Bertz CT molecular complexity index is 308. The minimum atomic E-state index is -0.254. The van der Waals surface area contributed by atoms with Gasteiger partial charge in [0.05, 0.1) is 24.7 Å². The lowest BCUT2D eigenvalue weighted by atomic mass is 10.3. The summed E-state index contributed by atoms with van der Waals surface area (Å²) < 4.78 is 5.24. The number of ether oxygens (including phenoxy) is 1. The summed E-state index contributed by atoms with van der Waals surface area (Å²) in [5.41, 5.74) is 0.302. The number of hydrogen-bond donors (Lipinski definition) is 1. The van der Waals surface area contributed by atoms with Gasteiger partial charge < -0.3 is 10.1 Å². The minimum absolute atomic E-state index is 0.254. The van der Waals surface area contributed by atoms with Gasteiger partial charge in [-0.2, -0.15) is 0 Å². The summed E-state index contributed by atoms with van der Waals surface area (Å²) in [6, 6.07) is 0. The molecule has 0 bridgehead atoms. The highest BCUT2D eigenvalue weighted by molar-refractivity contribution is 8.03. The third-order valence-electron chi connectivity index (χ3n) is 2.81. The minimum Gasteiger partial charge on any atom is -0.379 e. The molecule has 0 aliphatic carbocycles. The van der Waals surface area contributed by atoms with Crippen molar-refractivity contribution in [2.75, 3.05) is 45.1 Å². The van der Waals surface area contributed by atoms with Crippen LogP contribution >= 0.6 is 11.8 Å². The molecular formula is C10H17N3O3S. The molecule has 0 saturated carbocycles. The summed E-state index contributed by atoms with van der Waals surface area (Å²) in [6.07, 6.45) is 1.07. The number of nitrogens with one attached hydrogen (secondary N) is 1. The molecule has 17 heavy (non-hydrogen) atoms. The van der Waals surface area contributed by atoms with Crippen LogP contribution in [0.4, 0.5) is 0 Å². The average molecular weight is 259 g/mol. The summed E-state index contributed by atoms with van der Waals surface area (Å²) in [5, 5.41) is 15.0. The molecule has 2 saturated heterocycles. The molecule has 0 aromatic rings. The van der Waals surface area contributed by atoms with Crippen LogP contribution in [0.25, 0.3) is 0 Å². The topological polar surface area (TPSA) is 67.6 Å². The first kappa shape index (κ1) is 12.7. The van der Waals surface area contributed by atoms with E-state index in [1.54, 1.807) is 11.8 Å². The van der Waals surface area contributed by atoms with E-state index in [0.29, 0.717) is 25.5 Å². The van der Waals surface area contributed by atoms with Gasteiger partial charge in [0.1, 0.15) is 5.03 Å². The molecule has 0 spiro atoms. The molecule has 7 heteroatoms. The van der Waals surface area contributed by atoms with Crippen molar-refractivity contribution in [3.8, 4) is 0 Å². The van der Waals surface area contributed by atoms with E-state index in [1.165, 1.54) is 0 Å². The zero-order valence-corrected chi connectivity index (χ0v) is 10.5. The van der Waals surface area contributed by atoms with Crippen LogP contribution in [0.1, 0.15) is 6.42 Å². The van der Waals surface area contributed by atoms with E-state index in [9.17, 15) is 10.1 Å². The average Bonchev–Trinajstić information content (AvgIpc) is 2.38. The van der Waals surface area contributed by atoms with Gasteiger partial charge in [0.15, 0.2) is 0 Å². The van der Waals surface area contributed by atoms with Gasteiger partial charge in [-0.3, -0.25) is 15.0 Å². The summed E-state index contributed by atoms with van der Waals surface area (Å²) in [6.45, 7) is 4.13. The van der Waals surface area contributed by atoms with Gasteiger partial charge in [-0.25, -0.2) is 0 Å². The Kier molecular flexibility index (Phi) is 4.64. The van der Waals surface area contributed by atoms with E-state index in [4.69, 9.17) is 4.74 Å².